The van der Waals surface area contributed by atoms with Crippen LogP contribution in [-0.2, 0) is 0 Å². The van der Waals surface area contributed by atoms with Crippen LogP contribution < -0.4 is 4.74 Å². The molecule has 4 heteroatoms. The van der Waals surface area contributed by atoms with Crippen molar-refractivity contribution in [3.8, 4) is 17.5 Å². The number of rotatable bonds is 2. The minimum Gasteiger partial charge on any atom is -0.452 e. The fourth-order valence-electron chi connectivity index (χ4n) is 1.21. The lowest BCUT2D eigenvalue weighted by Crippen LogP contribution is -1.81. The smallest absolute Gasteiger partial charge is 0.414 e. The van der Waals surface area contributed by atoms with Crippen molar-refractivity contribution in [2.24, 2.45) is 0 Å². The Balaban J connectivity index is 2.44. The Kier molecular flexibility index (Phi) is 2.18. The summed E-state index contributed by atoms with van der Waals surface area (Å²) >= 11 is 0. The molecule has 1 aromatic heterocycles. The SMILES string of the molecule is COc1nnc(-c2ccccc2C)o1. The number of nitrogens with zero attached hydrogens (tertiary/aromatic N) is 2. The van der Waals surface area contributed by atoms with Crippen molar-refractivity contribution >= 4 is 0 Å². The standard InChI is InChI=1S/C10H10N2O2/c1-7-5-3-4-6-8(7)9-11-12-10(13-2)14-9/h3-6H,1-2H3. The molecule has 1 aromatic carbocycles. The average molecular weight is 190 g/mol. The minimum atomic E-state index is 0.184. The highest BCUT2D eigenvalue weighted by Crippen LogP contribution is 2.23. The average Bonchev–Trinajstić information content (AvgIpc) is 2.67. The Bertz CT molecular complexity index is 437. The third kappa shape index (κ3) is 1.46. The minimum absolute atomic E-state index is 0.184. The van der Waals surface area contributed by atoms with Crippen molar-refractivity contribution in [2.45, 2.75) is 6.92 Å². The van der Waals surface area contributed by atoms with Gasteiger partial charge in [-0.15, -0.1) is 5.10 Å². The maximum Gasteiger partial charge on any atom is 0.414 e. The number of benzene rings is 1. The first-order valence-corrected chi connectivity index (χ1v) is 4.25. The van der Waals surface area contributed by atoms with E-state index in [2.05, 4.69) is 10.2 Å². The molecule has 72 valence electrons. The van der Waals surface area contributed by atoms with Gasteiger partial charge in [0.05, 0.1) is 7.11 Å². The molecule has 0 aliphatic rings. The molecule has 0 N–H and O–H groups in total. The van der Waals surface area contributed by atoms with Crippen LogP contribution in [0.1, 0.15) is 5.56 Å². The summed E-state index contributed by atoms with van der Waals surface area (Å²) in [7, 11) is 1.50. The van der Waals surface area contributed by atoms with E-state index in [0.717, 1.165) is 11.1 Å². The van der Waals surface area contributed by atoms with Crippen molar-refractivity contribution in [3.63, 3.8) is 0 Å². The molecule has 0 aliphatic heterocycles. The van der Waals surface area contributed by atoms with Crippen LogP contribution in [0, 0.1) is 6.92 Å². The molecule has 0 bridgehead atoms. The lowest BCUT2D eigenvalue weighted by molar-refractivity contribution is 0.293. The summed E-state index contributed by atoms with van der Waals surface area (Å²) in [6, 6.07) is 7.82. The van der Waals surface area contributed by atoms with Crippen LogP contribution in [0.4, 0.5) is 0 Å². The van der Waals surface area contributed by atoms with E-state index < -0.39 is 0 Å². The van der Waals surface area contributed by atoms with E-state index in [-0.39, 0.29) is 6.08 Å². The van der Waals surface area contributed by atoms with Crippen LogP contribution in [0.15, 0.2) is 28.7 Å². The number of ether oxygens (including phenoxy) is 1. The van der Waals surface area contributed by atoms with E-state index in [1.54, 1.807) is 0 Å². The molecule has 0 aliphatic carbocycles. The number of hydrogen-bond donors (Lipinski definition) is 0. The summed E-state index contributed by atoms with van der Waals surface area (Å²) in [6.45, 7) is 1.99. The first kappa shape index (κ1) is 8.74. The van der Waals surface area contributed by atoms with Gasteiger partial charge in [-0.2, -0.15) is 0 Å². The van der Waals surface area contributed by atoms with Crippen LogP contribution in [0.5, 0.6) is 6.08 Å². The normalized spacial score (nSPS) is 10.1. The van der Waals surface area contributed by atoms with E-state index >= 15 is 0 Å². The zero-order chi connectivity index (χ0) is 9.97. The van der Waals surface area contributed by atoms with E-state index in [0.29, 0.717) is 5.89 Å². The number of hydrogen-bond acceptors (Lipinski definition) is 4. The van der Waals surface area contributed by atoms with Crippen LogP contribution in [0.25, 0.3) is 11.5 Å². The van der Waals surface area contributed by atoms with Crippen LogP contribution >= 0.6 is 0 Å². The molecule has 0 radical (unpaired) electrons. The summed E-state index contributed by atoms with van der Waals surface area (Å²) in [6.07, 6.45) is 0.184. The number of aromatic nitrogens is 2. The van der Waals surface area contributed by atoms with Crippen molar-refractivity contribution < 1.29 is 9.15 Å². The predicted octanol–water partition coefficient (Wildman–Crippen LogP) is 2.05. The highest BCUT2D eigenvalue weighted by Gasteiger charge is 2.09. The summed E-state index contributed by atoms with van der Waals surface area (Å²) in [5, 5.41) is 7.59. The third-order valence-corrected chi connectivity index (χ3v) is 1.96. The molecule has 0 amide bonds. The zero-order valence-corrected chi connectivity index (χ0v) is 8.02. The van der Waals surface area contributed by atoms with Gasteiger partial charge in [0.25, 0.3) is 5.89 Å². The third-order valence-electron chi connectivity index (χ3n) is 1.96. The first-order chi connectivity index (χ1) is 6.81. The molecule has 0 fully saturated rings. The highest BCUT2D eigenvalue weighted by atomic mass is 16.6. The van der Waals surface area contributed by atoms with Gasteiger partial charge in [0.1, 0.15) is 0 Å². The van der Waals surface area contributed by atoms with Gasteiger partial charge < -0.3 is 9.15 Å². The Morgan fingerprint density at radius 2 is 2.00 bits per heavy atom. The second-order valence-electron chi connectivity index (χ2n) is 2.89. The molecule has 0 spiro atoms. The zero-order valence-electron chi connectivity index (χ0n) is 8.02. The molecule has 2 aromatic rings. The maximum absolute atomic E-state index is 5.26. The van der Waals surface area contributed by atoms with Gasteiger partial charge in [-0.05, 0) is 18.6 Å². The molecule has 1 heterocycles. The summed E-state index contributed by atoms with van der Waals surface area (Å²) in [5.41, 5.74) is 2.03. The van der Waals surface area contributed by atoms with Crippen molar-refractivity contribution in [3.05, 3.63) is 29.8 Å². The van der Waals surface area contributed by atoms with Gasteiger partial charge in [-0.3, -0.25) is 0 Å². The Labute approximate surface area is 81.5 Å². The summed E-state index contributed by atoms with van der Waals surface area (Å²) in [4.78, 5) is 0. The number of aryl methyl sites for hydroxylation is 1. The Hall–Kier alpha value is -1.84. The van der Waals surface area contributed by atoms with Gasteiger partial charge in [-0.1, -0.05) is 23.3 Å². The molecular formula is C10H10N2O2. The van der Waals surface area contributed by atoms with E-state index in [1.807, 2.05) is 31.2 Å². The Morgan fingerprint density at radius 3 is 2.64 bits per heavy atom. The van der Waals surface area contributed by atoms with Gasteiger partial charge in [-0.25, -0.2) is 0 Å². The molecule has 0 atom stereocenters. The van der Waals surface area contributed by atoms with E-state index in [1.165, 1.54) is 7.11 Å². The van der Waals surface area contributed by atoms with Crippen molar-refractivity contribution in [2.75, 3.05) is 7.11 Å². The lowest BCUT2D eigenvalue weighted by atomic mass is 10.1. The van der Waals surface area contributed by atoms with E-state index in [4.69, 9.17) is 9.15 Å². The molecule has 0 saturated carbocycles. The van der Waals surface area contributed by atoms with Crippen LogP contribution in [0.2, 0.25) is 0 Å². The van der Waals surface area contributed by atoms with Gasteiger partial charge in [0.2, 0.25) is 0 Å². The lowest BCUT2D eigenvalue weighted by Gasteiger charge is -1.98. The fraction of sp³-hybridized carbons (Fsp3) is 0.200. The monoisotopic (exact) mass is 190 g/mol. The van der Waals surface area contributed by atoms with Gasteiger partial charge >= 0.3 is 6.08 Å². The molecule has 14 heavy (non-hydrogen) atoms. The summed E-state index contributed by atoms with van der Waals surface area (Å²) < 4.78 is 10.1. The first-order valence-electron chi connectivity index (χ1n) is 4.25. The molecule has 0 unspecified atom stereocenters. The second-order valence-corrected chi connectivity index (χ2v) is 2.89. The maximum atomic E-state index is 5.26. The predicted molar refractivity (Wildman–Crippen MR) is 51.0 cm³/mol. The molecule has 2 rings (SSSR count). The van der Waals surface area contributed by atoms with Crippen LogP contribution in [-0.4, -0.2) is 17.3 Å². The van der Waals surface area contributed by atoms with E-state index in [9.17, 15) is 0 Å². The highest BCUT2D eigenvalue weighted by molar-refractivity contribution is 5.57. The Morgan fingerprint density at radius 1 is 1.21 bits per heavy atom. The van der Waals surface area contributed by atoms with Crippen molar-refractivity contribution in [1.82, 2.24) is 10.2 Å². The van der Waals surface area contributed by atoms with Crippen LogP contribution in [0.3, 0.4) is 0 Å². The molecule has 0 saturated heterocycles. The summed E-state index contributed by atoms with van der Waals surface area (Å²) in [5.74, 6) is 0.486. The molecular weight excluding hydrogens is 180 g/mol. The van der Waals surface area contributed by atoms with Gasteiger partial charge in [0, 0.05) is 5.56 Å². The molecule has 4 nitrogen and oxygen atoms in total. The van der Waals surface area contributed by atoms with Crippen molar-refractivity contribution in [1.29, 1.82) is 0 Å². The second kappa shape index (κ2) is 3.49. The van der Waals surface area contributed by atoms with Gasteiger partial charge in [0.15, 0.2) is 0 Å². The quantitative estimate of drug-likeness (QED) is 0.727. The topological polar surface area (TPSA) is 48.2 Å². The fourth-order valence-corrected chi connectivity index (χ4v) is 1.21. The number of methoxy groups -OCH3 is 1. The largest absolute Gasteiger partial charge is 0.452 e.